The molecule has 1 aromatic heterocycles. The fraction of sp³-hybridized carbons (Fsp3) is 0.269. The van der Waals surface area contributed by atoms with E-state index in [0.29, 0.717) is 25.4 Å². The van der Waals surface area contributed by atoms with Crippen molar-refractivity contribution in [2.45, 2.75) is 32.8 Å². The topological polar surface area (TPSA) is 42.4 Å². The predicted octanol–water partition coefficient (Wildman–Crippen LogP) is 4.94. The Balaban J connectivity index is 0.00000171. The number of hydrogen-bond acceptors (Lipinski definition) is 3. The normalized spacial score (nSPS) is 14.0. The maximum atomic E-state index is 12.5. The first-order valence-corrected chi connectivity index (χ1v) is 9.85. The third-order valence-corrected chi connectivity index (χ3v) is 5.58. The molecular weight excluding hydrogens is 545 g/mol. The van der Waals surface area contributed by atoms with E-state index < -0.39 is 0 Å². The van der Waals surface area contributed by atoms with E-state index in [4.69, 9.17) is 4.74 Å². The molecule has 1 aliphatic heterocycles. The van der Waals surface area contributed by atoms with E-state index in [2.05, 4.69) is 68.2 Å². The van der Waals surface area contributed by atoms with Crippen molar-refractivity contribution in [3.8, 4) is 5.75 Å². The van der Waals surface area contributed by atoms with E-state index >= 15 is 0 Å². The molecule has 0 saturated carbocycles. The van der Waals surface area contributed by atoms with Gasteiger partial charge in [0, 0.05) is 24.2 Å². The molecule has 2 aromatic carbocycles. The van der Waals surface area contributed by atoms with E-state index in [1.54, 1.807) is 18.3 Å². The van der Waals surface area contributed by atoms with E-state index in [9.17, 15) is 4.79 Å². The van der Waals surface area contributed by atoms with Crippen LogP contribution in [0.25, 0.3) is 0 Å². The number of amides is 1. The Hall–Kier alpha value is -1.62. The first kappa shape index (κ1) is 25.6. The maximum absolute atomic E-state index is 12.5. The summed E-state index contributed by atoms with van der Waals surface area (Å²) in [5.41, 5.74) is 5.15. The molecule has 0 bridgehead atoms. The minimum atomic E-state index is -0.0472. The van der Waals surface area contributed by atoms with Crippen LogP contribution in [0, 0.1) is 74.3 Å². The maximum Gasteiger partial charge on any atom is 2.00 e. The molecule has 1 amide bonds. The minimum absolute atomic E-state index is 0. The SMILES string of the molecule is Cc1ccc(COc2ccc(C3(C)CN(C(=O)c4c[c-]ccn4)C3)cc2C)cc1.[CH3-].[Yb+2]. The van der Waals surface area contributed by atoms with Crippen LogP contribution in [0.4, 0.5) is 0 Å². The summed E-state index contributed by atoms with van der Waals surface area (Å²) in [6, 6.07) is 21.0. The molecule has 0 atom stereocenters. The van der Waals surface area contributed by atoms with Gasteiger partial charge in [-0.3, -0.25) is 4.79 Å². The van der Waals surface area contributed by atoms with Crippen LogP contribution in [0.1, 0.15) is 39.7 Å². The summed E-state index contributed by atoms with van der Waals surface area (Å²) in [7, 11) is 0. The Morgan fingerprint density at radius 2 is 1.87 bits per heavy atom. The molecule has 2 heterocycles. The number of aromatic nitrogens is 1. The van der Waals surface area contributed by atoms with Crippen molar-refractivity contribution in [3.05, 3.63) is 102 Å². The number of pyridine rings is 1. The molecule has 0 spiro atoms. The quantitative estimate of drug-likeness (QED) is 0.407. The van der Waals surface area contributed by atoms with Gasteiger partial charge in [-0.1, -0.05) is 55.1 Å². The predicted molar refractivity (Wildman–Crippen MR) is 119 cm³/mol. The van der Waals surface area contributed by atoms with Crippen LogP contribution in [0.2, 0.25) is 0 Å². The molecule has 1 saturated heterocycles. The summed E-state index contributed by atoms with van der Waals surface area (Å²) in [6.07, 6.45) is 1.60. The largest absolute Gasteiger partial charge is 2.00 e. The van der Waals surface area contributed by atoms with E-state index in [1.165, 1.54) is 11.1 Å². The number of carbonyl (C=O) groups is 1. The molecule has 3 aromatic rings. The van der Waals surface area contributed by atoms with Crippen molar-refractivity contribution < 1.29 is 56.5 Å². The Morgan fingerprint density at radius 3 is 2.48 bits per heavy atom. The fourth-order valence-corrected chi connectivity index (χ4v) is 3.76. The summed E-state index contributed by atoms with van der Waals surface area (Å²) >= 11 is 0. The minimum Gasteiger partial charge on any atom is -0.489 e. The fourth-order valence-electron chi connectivity index (χ4n) is 3.76. The van der Waals surface area contributed by atoms with E-state index in [1.807, 2.05) is 11.0 Å². The number of benzene rings is 2. The third-order valence-electron chi connectivity index (χ3n) is 5.58. The van der Waals surface area contributed by atoms with Gasteiger partial charge in [0.1, 0.15) is 12.4 Å². The Labute approximate surface area is 224 Å². The zero-order valence-corrected chi connectivity index (χ0v) is 20.1. The first-order valence-electron chi connectivity index (χ1n) is 9.85. The molecule has 0 N–H and O–H groups in total. The van der Waals surface area contributed by atoms with Gasteiger partial charge in [0.2, 0.25) is 5.91 Å². The first-order chi connectivity index (χ1) is 13.9. The molecule has 1 aliphatic rings. The molecule has 0 aliphatic carbocycles. The molecule has 5 heteroatoms. The standard InChI is InChI=1S/C25H25N2O2.CH3.Yb/c1-18-7-9-20(10-8-18)15-29-23-12-11-21(14-19(23)2)25(3)16-27(17-25)24(28)22-6-4-5-13-26-22;;/h5-14H,15-17H2,1-3H3;1H3;/q2*-1;+2. The molecule has 1 fully saturated rings. The van der Waals surface area contributed by atoms with Crippen LogP contribution in [-0.2, 0) is 12.0 Å². The monoisotopic (exact) mass is 574 g/mol. The molecule has 0 unspecified atom stereocenters. The van der Waals surface area contributed by atoms with Gasteiger partial charge in [-0.15, -0.1) is 6.07 Å². The van der Waals surface area contributed by atoms with Gasteiger partial charge in [-0.2, -0.15) is 12.1 Å². The number of hydrogen-bond donors (Lipinski definition) is 0. The van der Waals surface area contributed by atoms with Crippen LogP contribution >= 0.6 is 0 Å². The number of aryl methyl sites for hydroxylation is 2. The second kappa shape index (κ2) is 10.8. The Kier molecular flexibility index (Phi) is 8.93. The summed E-state index contributed by atoms with van der Waals surface area (Å²) in [6.45, 7) is 8.28. The van der Waals surface area contributed by atoms with Crippen LogP contribution in [0.15, 0.2) is 60.8 Å². The van der Waals surface area contributed by atoms with Crippen molar-refractivity contribution in [3.63, 3.8) is 0 Å². The second-order valence-corrected chi connectivity index (χ2v) is 8.12. The van der Waals surface area contributed by atoms with Gasteiger partial charge in [-0.05, 0) is 36.6 Å². The number of rotatable bonds is 5. The number of carbonyl (C=O) groups excluding carboxylic acids is 1. The average Bonchev–Trinajstić information content (AvgIpc) is 2.72. The van der Waals surface area contributed by atoms with Gasteiger partial charge in [0.25, 0.3) is 0 Å². The molecule has 4 rings (SSSR count). The molecule has 0 radical (unpaired) electrons. The Morgan fingerprint density at radius 1 is 1.16 bits per heavy atom. The zero-order chi connectivity index (χ0) is 20.4. The van der Waals surface area contributed by atoms with Crippen molar-refractivity contribution in [1.29, 1.82) is 0 Å². The van der Waals surface area contributed by atoms with Gasteiger partial charge in [-0.25, -0.2) is 0 Å². The van der Waals surface area contributed by atoms with Crippen molar-refractivity contribution >= 4 is 5.91 Å². The molecule has 31 heavy (non-hydrogen) atoms. The van der Waals surface area contributed by atoms with Crippen LogP contribution in [-0.4, -0.2) is 28.9 Å². The summed E-state index contributed by atoms with van der Waals surface area (Å²) in [5, 5.41) is 0. The van der Waals surface area contributed by atoms with E-state index in [-0.39, 0.29) is 65.7 Å². The second-order valence-electron chi connectivity index (χ2n) is 8.12. The Bertz CT molecular complexity index is 1010. The van der Waals surface area contributed by atoms with Crippen molar-refractivity contribution in [2.75, 3.05) is 13.1 Å². The number of likely N-dealkylation sites (tertiary alicyclic amines) is 1. The summed E-state index contributed by atoms with van der Waals surface area (Å²) < 4.78 is 6.02. The smallest absolute Gasteiger partial charge is 0.489 e. The molecular formula is C26H28N2O2Yb. The molecule has 168 valence electrons. The van der Waals surface area contributed by atoms with Crippen molar-refractivity contribution in [2.24, 2.45) is 0 Å². The molecule has 4 nitrogen and oxygen atoms in total. The number of ether oxygens (including phenoxy) is 1. The van der Waals surface area contributed by atoms with Gasteiger partial charge in [0.05, 0.1) is 0 Å². The van der Waals surface area contributed by atoms with Gasteiger partial charge < -0.3 is 22.0 Å². The summed E-state index contributed by atoms with van der Waals surface area (Å²) in [4.78, 5) is 18.5. The average molecular weight is 574 g/mol. The van der Waals surface area contributed by atoms with Crippen molar-refractivity contribution in [1.82, 2.24) is 9.88 Å². The van der Waals surface area contributed by atoms with Crippen LogP contribution in [0.5, 0.6) is 5.75 Å². The van der Waals surface area contributed by atoms with E-state index in [0.717, 1.165) is 16.9 Å². The van der Waals surface area contributed by atoms with Crippen LogP contribution < -0.4 is 4.74 Å². The van der Waals surface area contributed by atoms with Gasteiger partial charge in [0.15, 0.2) is 0 Å². The zero-order valence-electron chi connectivity index (χ0n) is 18.4. The van der Waals surface area contributed by atoms with Gasteiger partial charge >= 0.3 is 46.9 Å². The van der Waals surface area contributed by atoms with Crippen LogP contribution in [0.3, 0.4) is 0 Å². The summed E-state index contributed by atoms with van der Waals surface area (Å²) in [5.74, 6) is 0.864. The number of nitrogens with zero attached hydrogens (tertiary/aromatic N) is 2. The third kappa shape index (κ3) is 5.79.